The van der Waals surface area contributed by atoms with E-state index in [9.17, 15) is 9.59 Å². The smallest absolute Gasteiger partial charge is 0.344 e. The average molecular weight is 403 g/mol. The number of Topliss-reactive ketones (excluding diaryl/α,β-unsaturated/α-hetero) is 1. The molecule has 0 atom stereocenters. The van der Waals surface area contributed by atoms with Crippen LogP contribution in [0.5, 0.6) is 5.75 Å². The van der Waals surface area contributed by atoms with Crippen LogP contribution < -0.4 is 10.1 Å². The largest absolute Gasteiger partial charge is 0.482 e. The van der Waals surface area contributed by atoms with Gasteiger partial charge in [0, 0.05) is 16.9 Å². The van der Waals surface area contributed by atoms with E-state index in [0.717, 1.165) is 28.1 Å². The molecule has 5 nitrogen and oxygen atoms in total. The predicted molar refractivity (Wildman–Crippen MR) is 118 cm³/mol. The summed E-state index contributed by atoms with van der Waals surface area (Å²) in [7, 11) is 0. The van der Waals surface area contributed by atoms with Gasteiger partial charge >= 0.3 is 5.97 Å². The number of aryl methyl sites for hydroxylation is 3. The third-order valence-corrected chi connectivity index (χ3v) is 4.78. The molecule has 0 spiro atoms. The van der Waals surface area contributed by atoms with Crippen molar-refractivity contribution in [2.75, 3.05) is 18.5 Å². The quantitative estimate of drug-likeness (QED) is 0.416. The van der Waals surface area contributed by atoms with Crippen LogP contribution in [0.3, 0.4) is 0 Å². The molecule has 3 aromatic rings. The molecule has 5 heteroatoms. The van der Waals surface area contributed by atoms with Gasteiger partial charge in [-0.15, -0.1) is 0 Å². The van der Waals surface area contributed by atoms with Crippen LogP contribution in [-0.2, 0) is 9.53 Å². The molecule has 0 aliphatic carbocycles. The van der Waals surface area contributed by atoms with Crippen LogP contribution >= 0.6 is 0 Å². The molecule has 3 rings (SSSR count). The Morgan fingerprint density at radius 3 is 2.10 bits per heavy atom. The van der Waals surface area contributed by atoms with Crippen LogP contribution in [0.2, 0.25) is 0 Å². The second-order valence-corrected chi connectivity index (χ2v) is 7.14. The van der Waals surface area contributed by atoms with E-state index in [0.29, 0.717) is 11.3 Å². The van der Waals surface area contributed by atoms with Crippen LogP contribution in [-0.4, -0.2) is 25.0 Å². The SMILES string of the molecule is Cc1cc(C)c(C(=O)COC(=O)COc2ccc(Nc3ccccc3)cc2)cc1C. The zero-order valence-electron chi connectivity index (χ0n) is 17.4. The highest BCUT2D eigenvalue weighted by Crippen LogP contribution is 2.20. The van der Waals surface area contributed by atoms with Crippen molar-refractivity contribution in [3.05, 3.63) is 89.0 Å². The highest BCUT2D eigenvalue weighted by Gasteiger charge is 2.14. The van der Waals surface area contributed by atoms with Crippen molar-refractivity contribution in [2.24, 2.45) is 0 Å². The van der Waals surface area contributed by atoms with E-state index in [2.05, 4.69) is 5.32 Å². The summed E-state index contributed by atoms with van der Waals surface area (Å²) >= 11 is 0. The number of benzene rings is 3. The van der Waals surface area contributed by atoms with Gasteiger partial charge in [0.1, 0.15) is 5.75 Å². The van der Waals surface area contributed by atoms with Gasteiger partial charge in [-0.2, -0.15) is 0 Å². The Labute approximate surface area is 176 Å². The Kier molecular flexibility index (Phi) is 6.86. The number of ether oxygens (including phenoxy) is 2. The predicted octanol–water partition coefficient (Wildman–Crippen LogP) is 5.16. The lowest BCUT2D eigenvalue weighted by Crippen LogP contribution is -2.20. The first-order chi connectivity index (χ1) is 14.4. The molecule has 3 aromatic carbocycles. The lowest BCUT2D eigenvalue weighted by atomic mass is 9.98. The molecule has 30 heavy (non-hydrogen) atoms. The number of hydrogen-bond donors (Lipinski definition) is 1. The topological polar surface area (TPSA) is 64.6 Å². The highest BCUT2D eigenvalue weighted by atomic mass is 16.6. The number of carbonyl (C=O) groups excluding carboxylic acids is 2. The van der Waals surface area contributed by atoms with Crippen molar-refractivity contribution in [2.45, 2.75) is 20.8 Å². The Hall–Kier alpha value is -3.60. The van der Waals surface area contributed by atoms with Crippen molar-refractivity contribution in [1.29, 1.82) is 0 Å². The number of ketones is 1. The summed E-state index contributed by atoms with van der Waals surface area (Å²) in [5, 5.41) is 3.27. The number of nitrogens with one attached hydrogen (secondary N) is 1. The number of rotatable bonds is 8. The van der Waals surface area contributed by atoms with E-state index in [-0.39, 0.29) is 19.0 Å². The number of esters is 1. The minimum Gasteiger partial charge on any atom is -0.482 e. The summed E-state index contributed by atoms with van der Waals surface area (Å²) in [6, 6.07) is 20.9. The van der Waals surface area contributed by atoms with E-state index in [1.54, 1.807) is 12.1 Å². The lowest BCUT2D eigenvalue weighted by molar-refractivity contribution is -0.144. The molecule has 0 fully saturated rings. The van der Waals surface area contributed by atoms with Gasteiger partial charge in [-0.3, -0.25) is 4.79 Å². The second kappa shape index (κ2) is 9.74. The Balaban J connectivity index is 1.46. The first-order valence-electron chi connectivity index (χ1n) is 9.74. The van der Waals surface area contributed by atoms with Gasteiger partial charge in [0.2, 0.25) is 5.78 Å². The third kappa shape index (κ3) is 5.70. The number of hydrogen-bond acceptors (Lipinski definition) is 5. The van der Waals surface area contributed by atoms with Gasteiger partial charge in [-0.25, -0.2) is 4.79 Å². The third-order valence-electron chi connectivity index (χ3n) is 4.78. The standard InChI is InChI=1S/C25H25NO4/c1-17-13-19(3)23(14-18(17)2)24(27)15-30-25(28)16-29-22-11-9-21(10-12-22)26-20-7-5-4-6-8-20/h4-14,26H,15-16H2,1-3H3. The van der Waals surface area contributed by atoms with Crippen molar-refractivity contribution >= 4 is 23.1 Å². The van der Waals surface area contributed by atoms with Crippen LogP contribution in [0.25, 0.3) is 0 Å². The highest BCUT2D eigenvalue weighted by molar-refractivity contribution is 5.99. The van der Waals surface area contributed by atoms with E-state index in [1.165, 1.54) is 0 Å². The Bertz CT molecular complexity index is 1030. The molecule has 0 bridgehead atoms. The van der Waals surface area contributed by atoms with Gasteiger partial charge in [-0.05, 0) is 79.9 Å². The van der Waals surface area contributed by atoms with Gasteiger partial charge < -0.3 is 14.8 Å². The van der Waals surface area contributed by atoms with Crippen LogP contribution in [0.1, 0.15) is 27.0 Å². The summed E-state index contributed by atoms with van der Waals surface area (Å²) < 4.78 is 10.5. The van der Waals surface area contributed by atoms with Crippen molar-refractivity contribution in [3.8, 4) is 5.75 Å². The van der Waals surface area contributed by atoms with Crippen molar-refractivity contribution in [1.82, 2.24) is 0 Å². The fourth-order valence-corrected chi connectivity index (χ4v) is 2.99. The van der Waals surface area contributed by atoms with Crippen molar-refractivity contribution in [3.63, 3.8) is 0 Å². The van der Waals surface area contributed by atoms with E-state index >= 15 is 0 Å². The van der Waals surface area contributed by atoms with Crippen molar-refractivity contribution < 1.29 is 19.1 Å². The average Bonchev–Trinajstić information content (AvgIpc) is 2.75. The lowest BCUT2D eigenvalue weighted by Gasteiger charge is -2.10. The summed E-state index contributed by atoms with van der Waals surface area (Å²) in [5.74, 6) is -0.265. The molecule has 0 saturated carbocycles. The summed E-state index contributed by atoms with van der Waals surface area (Å²) in [5.41, 5.74) is 5.50. The van der Waals surface area contributed by atoms with Gasteiger partial charge in [0.05, 0.1) is 0 Å². The summed E-state index contributed by atoms with van der Waals surface area (Å²) in [4.78, 5) is 24.3. The molecule has 0 saturated heterocycles. The molecular weight excluding hydrogens is 378 g/mol. The summed E-state index contributed by atoms with van der Waals surface area (Å²) in [6.45, 7) is 5.27. The fraction of sp³-hybridized carbons (Fsp3) is 0.200. The maximum Gasteiger partial charge on any atom is 0.344 e. The molecule has 0 heterocycles. The monoisotopic (exact) mass is 403 g/mol. The molecule has 0 radical (unpaired) electrons. The molecular formula is C25H25NO4. The first-order valence-corrected chi connectivity index (χ1v) is 9.74. The minimum atomic E-state index is -0.587. The summed E-state index contributed by atoms with van der Waals surface area (Å²) in [6.07, 6.45) is 0. The molecule has 1 N–H and O–H groups in total. The molecule has 0 unspecified atom stereocenters. The molecule has 0 aliphatic heterocycles. The molecule has 0 aliphatic rings. The molecule has 154 valence electrons. The Morgan fingerprint density at radius 1 is 0.767 bits per heavy atom. The zero-order valence-corrected chi connectivity index (χ0v) is 17.4. The Morgan fingerprint density at radius 2 is 1.40 bits per heavy atom. The maximum atomic E-state index is 12.4. The fourth-order valence-electron chi connectivity index (χ4n) is 2.99. The van der Waals surface area contributed by atoms with Crippen LogP contribution in [0, 0.1) is 20.8 Å². The van der Waals surface area contributed by atoms with Crippen LogP contribution in [0.15, 0.2) is 66.7 Å². The van der Waals surface area contributed by atoms with E-state index in [1.807, 2.05) is 75.4 Å². The maximum absolute atomic E-state index is 12.4. The molecule has 0 amide bonds. The van der Waals surface area contributed by atoms with Crippen LogP contribution in [0.4, 0.5) is 11.4 Å². The van der Waals surface area contributed by atoms with Gasteiger partial charge in [0.15, 0.2) is 13.2 Å². The first kappa shape index (κ1) is 21.1. The second-order valence-electron chi connectivity index (χ2n) is 7.14. The minimum absolute atomic E-state index is 0.222. The normalized spacial score (nSPS) is 10.4. The number of anilines is 2. The van der Waals surface area contributed by atoms with Gasteiger partial charge in [-0.1, -0.05) is 24.3 Å². The van der Waals surface area contributed by atoms with E-state index < -0.39 is 5.97 Å². The molecule has 0 aromatic heterocycles. The number of carbonyl (C=O) groups is 2. The van der Waals surface area contributed by atoms with Gasteiger partial charge in [0.25, 0.3) is 0 Å². The number of para-hydroxylation sites is 1. The van der Waals surface area contributed by atoms with E-state index in [4.69, 9.17) is 9.47 Å². The zero-order chi connectivity index (χ0) is 21.5.